The van der Waals surface area contributed by atoms with Gasteiger partial charge in [-0.15, -0.1) is 0 Å². The van der Waals surface area contributed by atoms with Crippen molar-refractivity contribution in [2.24, 2.45) is 52.2 Å². The van der Waals surface area contributed by atoms with Crippen LogP contribution >= 0.6 is 0 Å². The van der Waals surface area contributed by atoms with Crippen LogP contribution in [0.15, 0.2) is 40.4 Å². The van der Waals surface area contributed by atoms with E-state index in [1.165, 1.54) is 19.1 Å². The molecule has 21 nitrogen and oxygen atoms in total. The van der Waals surface area contributed by atoms with Gasteiger partial charge in [-0.1, -0.05) is 71.8 Å². The molecular formula is C58H103N3O18. The lowest BCUT2D eigenvalue weighted by atomic mass is 9.83. The fraction of sp³-hybridized carbons (Fsp3) is 0.828. The van der Waals surface area contributed by atoms with Gasteiger partial charge in [-0.25, -0.2) is 0 Å². The van der Waals surface area contributed by atoms with Crippen LogP contribution in [0.4, 0.5) is 0 Å². The molecule has 1 saturated heterocycles. The number of hydrogen-bond acceptors (Lipinski definition) is 18. The van der Waals surface area contributed by atoms with Gasteiger partial charge in [0.2, 0.25) is 0 Å². The Morgan fingerprint density at radius 3 is 2.10 bits per heavy atom. The van der Waals surface area contributed by atoms with Crippen molar-refractivity contribution in [2.45, 2.75) is 250 Å². The SMILES string of the molecule is CN=C(N)NCCCCC/C=C(\C)CC(C)C1OC(=O)C(C)C(OC(=O)CC(=O)O)/C=C/C(C)C(O)CC(O)C(C)C(O)CCC(C)C(O)CC2(O)OC(CC(O)CC(O)CC(O)C(C)C(O)/C(C)=C/CCC1C)CC(O)C2O. The Kier molecular flexibility index (Phi) is 32.1. The third-order valence-electron chi connectivity index (χ3n) is 16.3. The number of carboxylic acid groups (broad SMARTS) is 1. The first-order valence-electron chi connectivity index (χ1n) is 28.7. The molecule has 2 bridgehead atoms. The maximum absolute atomic E-state index is 14.3. The Balaban J connectivity index is 2.52. The minimum Gasteiger partial charge on any atom is -0.481 e. The first kappa shape index (κ1) is 71.5. The van der Waals surface area contributed by atoms with Gasteiger partial charge in [-0.3, -0.25) is 19.4 Å². The van der Waals surface area contributed by atoms with Gasteiger partial charge in [-0.2, -0.15) is 0 Å². The molecule has 21 atom stereocenters. The number of nitrogens with two attached hydrogens (primary N) is 1. The molecule has 0 aromatic heterocycles. The molecule has 0 amide bonds. The number of aliphatic imine (C=N–C) groups is 1. The van der Waals surface area contributed by atoms with Crippen molar-refractivity contribution in [3.63, 3.8) is 0 Å². The average molecular weight is 1130 g/mol. The van der Waals surface area contributed by atoms with Crippen LogP contribution in [-0.4, -0.2) is 184 Å². The van der Waals surface area contributed by atoms with E-state index in [4.69, 9.17) is 19.9 Å². The molecule has 2 aliphatic heterocycles. The molecule has 2 rings (SSSR count). The van der Waals surface area contributed by atoms with E-state index in [1.54, 1.807) is 41.7 Å². The number of nitrogens with one attached hydrogen (secondary N) is 1. The topological polar surface area (TPSA) is 372 Å². The fourth-order valence-electron chi connectivity index (χ4n) is 10.5. The highest BCUT2D eigenvalue weighted by Gasteiger charge is 2.50. The molecule has 15 N–H and O–H groups in total. The second kappa shape index (κ2) is 35.4. The van der Waals surface area contributed by atoms with Crippen LogP contribution in [0.25, 0.3) is 0 Å². The van der Waals surface area contributed by atoms with Gasteiger partial charge in [0.25, 0.3) is 0 Å². The summed E-state index contributed by atoms with van der Waals surface area (Å²) in [5.74, 6) is -9.80. The van der Waals surface area contributed by atoms with E-state index in [9.17, 15) is 75.7 Å². The summed E-state index contributed by atoms with van der Waals surface area (Å²) in [7, 11) is 1.62. The van der Waals surface area contributed by atoms with Crippen LogP contribution in [0, 0.1) is 41.4 Å². The predicted octanol–water partition coefficient (Wildman–Crippen LogP) is 3.28. The zero-order valence-electron chi connectivity index (χ0n) is 48.7. The van der Waals surface area contributed by atoms with E-state index in [1.807, 2.05) is 26.8 Å². The van der Waals surface area contributed by atoms with Gasteiger partial charge >= 0.3 is 17.9 Å². The molecule has 0 radical (unpaired) electrons. The fourth-order valence-corrected chi connectivity index (χ4v) is 10.5. The average Bonchev–Trinajstić information content (AvgIpc) is 3.39. The van der Waals surface area contributed by atoms with Crippen molar-refractivity contribution >= 4 is 23.9 Å². The Labute approximate surface area is 469 Å². The number of allylic oxidation sites excluding steroid dienone is 3. The van der Waals surface area contributed by atoms with Crippen LogP contribution < -0.4 is 11.1 Å². The number of fused-ring (bicyclic) bond motifs is 2. The number of aliphatic hydroxyl groups excluding tert-OH is 10. The second-order valence-electron chi connectivity index (χ2n) is 23.4. The van der Waals surface area contributed by atoms with Crippen molar-refractivity contribution in [1.29, 1.82) is 0 Å². The number of nitrogens with zero attached hydrogens (tertiary/aromatic N) is 1. The maximum Gasteiger partial charge on any atom is 0.317 e. The second-order valence-corrected chi connectivity index (χ2v) is 23.4. The predicted molar refractivity (Wildman–Crippen MR) is 298 cm³/mol. The van der Waals surface area contributed by atoms with Gasteiger partial charge in [0, 0.05) is 50.6 Å². The Hall–Kier alpha value is -3.58. The molecule has 79 heavy (non-hydrogen) atoms. The number of carbonyl (C=O) groups excluding carboxylic acids is 2. The van der Waals surface area contributed by atoms with E-state index in [2.05, 4.69) is 16.4 Å². The van der Waals surface area contributed by atoms with Crippen molar-refractivity contribution in [3.05, 3.63) is 35.5 Å². The summed E-state index contributed by atoms with van der Waals surface area (Å²) in [4.78, 5) is 42.5. The van der Waals surface area contributed by atoms with Gasteiger partial charge < -0.3 is 86.5 Å². The number of guanidine groups is 1. The first-order chi connectivity index (χ1) is 36.9. The number of cyclic esters (lactones) is 1. The van der Waals surface area contributed by atoms with Crippen molar-refractivity contribution in [1.82, 2.24) is 5.32 Å². The molecule has 2 aliphatic rings. The normalized spacial score (nSPS) is 39.2. The lowest BCUT2D eigenvalue weighted by molar-refractivity contribution is -0.333. The quantitative estimate of drug-likeness (QED) is 0.0333. The molecule has 0 spiro atoms. The van der Waals surface area contributed by atoms with Crippen LogP contribution in [0.5, 0.6) is 0 Å². The Morgan fingerprint density at radius 2 is 1.46 bits per heavy atom. The number of unbranched alkanes of at least 4 members (excludes halogenated alkanes) is 3. The van der Waals surface area contributed by atoms with Gasteiger partial charge in [0.15, 0.2) is 11.7 Å². The molecule has 2 heterocycles. The van der Waals surface area contributed by atoms with E-state index >= 15 is 0 Å². The standard InChI is InChI=1S/C58H103N3O18/c1-32(16-13-11-12-14-23-61-57(59)60-10)24-37(6)54-36(5)18-15-17-35(4)53(73)39(8)46(66)27-42(63)25-41(62)26-43-28-48(68)55(74)58(76,79-43)31-49(69)34(3)19-21-44(64)38(7)47(67)29-45(65)33(2)20-22-50(40(9)56(75)78-54)77-52(72)30-51(70)71/h16-17,20,22,33-34,36-50,53-55,62-69,73-74,76H,11-15,18-19,21,23-31H2,1-10H3,(H,70,71)(H3,59,60,61)/b22-20+,32-16+,35-17+. The molecule has 0 aromatic rings. The van der Waals surface area contributed by atoms with Crippen LogP contribution in [-0.2, 0) is 28.6 Å². The summed E-state index contributed by atoms with van der Waals surface area (Å²) in [6.07, 6.45) is -6.20. The van der Waals surface area contributed by atoms with E-state index < -0.39 is 145 Å². The third kappa shape index (κ3) is 25.2. The monoisotopic (exact) mass is 1130 g/mol. The molecule has 1 fully saturated rings. The molecular weight excluding hydrogens is 1030 g/mol. The molecule has 0 saturated carbocycles. The first-order valence-corrected chi connectivity index (χ1v) is 28.7. The lowest BCUT2D eigenvalue weighted by Gasteiger charge is -2.45. The minimum absolute atomic E-state index is 0.0732. The number of aliphatic carboxylic acids is 1. The number of esters is 2. The van der Waals surface area contributed by atoms with E-state index in [0.717, 1.165) is 31.3 Å². The Bertz CT molecular complexity index is 1940. The van der Waals surface area contributed by atoms with Crippen LogP contribution in [0.1, 0.15) is 165 Å². The summed E-state index contributed by atoms with van der Waals surface area (Å²) in [6, 6.07) is 0. The zero-order valence-corrected chi connectivity index (χ0v) is 48.7. The molecule has 0 aromatic carbocycles. The van der Waals surface area contributed by atoms with Crippen molar-refractivity contribution in [3.8, 4) is 0 Å². The summed E-state index contributed by atoms with van der Waals surface area (Å²) in [6.45, 7) is 16.4. The van der Waals surface area contributed by atoms with Crippen molar-refractivity contribution < 1.29 is 89.9 Å². The lowest BCUT2D eigenvalue weighted by Crippen LogP contribution is -2.59. The molecule has 458 valence electrons. The summed E-state index contributed by atoms with van der Waals surface area (Å²) >= 11 is 0. The number of hydrogen-bond donors (Lipinski definition) is 14. The van der Waals surface area contributed by atoms with Gasteiger partial charge in [0.1, 0.15) is 24.7 Å². The highest BCUT2D eigenvalue weighted by atomic mass is 16.7. The number of carboxylic acids is 1. The third-order valence-corrected chi connectivity index (χ3v) is 16.3. The van der Waals surface area contributed by atoms with Gasteiger partial charge in [-0.05, 0) is 121 Å². The highest BCUT2D eigenvalue weighted by molar-refractivity contribution is 5.90. The summed E-state index contributed by atoms with van der Waals surface area (Å²) in [5.41, 5.74) is 7.37. The maximum atomic E-state index is 14.3. The number of rotatable bonds is 12. The van der Waals surface area contributed by atoms with Gasteiger partial charge in [0.05, 0.1) is 67.0 Å². The zero-order chi connectivity index (χ0) is 59.9. The summed E-state index contributed by atoms with van der Waals surface area (Å²) in [5, 5.41) is 135. The van der Waals surface area contributed by atoms with Crippen molar-refractivity contribution in [2.75, 3.05) is 13.6 Å². The number of aliphatic hydroxyl groups is 11. The highest BCUT2D eigenvalue weighted by Crippen LogP contribution is 2.36. The summed E-state index contributed by atoms with van der Waals surface area (Å²) < 4.78 is 17.7. The van der Waals surface area contributed by atoms with Crippen LogP contribution in [0.3, 0.4) is 0 Å². The Morgan fingerprint density at radius 1 is 0.810 bits per heavy atom. The number of carbonyl (C=O) groups is 3. The largest absolute Gasteiger partial charge is 0.481 e. The molecule has 0 aliphatic carbocycles. The van der Waals surface area contributed by atoms with Crippen LogP contribution in [0.2, 0.25) is 0 Å². The molecule has 21 heteroatoms. The van der Waals surface area contributed by atoms with E-state index in [-0.39, 0.29) is 56.8 Å². The minimum atomic E-state index is -2.43. The van der Waals surface area contributed by atoms with E-state index in [0.29, 0.717) is 37.3 Å². The molecule has 21 unspecified atom stereocenters. The number of ether oxygens (including phenoxy) is 3. The smallest absolute Gasteiger partial charge is 0.317 e.